The van der Waals surface area contributed by atoms with Crippen molar-refractivity contribution in [2.75, 3.05) is 22.6 Å². The molecular formula is C25H30N2O4S. The van der Waals surface area contributed by atoms with Gasteiger partial charge in [0, 0.05) is 17.8 Å². The molecule has 1 atom stereocenters. The maximum atomic E-state index is 12.7. The van der Waals surface area contributed by atoms with E-state index in [1.165, 1.54) is 5.56 Å². The van der Waals surface area contributed by atoms with Crippen molar-refractivity contribution in [1.82, 2.24) is 0 Å². The third-order valence-corrected chi connectivity index (χ3v) is 6.41. The molecule has 2 aromatic carbocycles. The first-order chi connectivity index (χ1) is 15.2. The molecule has 0 radical (unpaired) electrons. The smallest absolute Gasteiger partial charge is 0.306 e. The predicted octanol–water partition coefficient (Wildman–Crippen LogP) is 5.04. The van der Waals surface area contributed by atoms with Gasteiger partial charge in [-0.1, -0.05) is 45.0 Å². The fourth-order valence-corrected chi connectivity index (χ4v) is 4.68. The number of carbonyl (C=O) groups is 3. The van der Waals surface area contributed by atoms with Crippen molar-refractivity contribution in [1.29, 1.82) is 0 Å². The lowest BCUT2D eigenvalue weighted by molar-refractivity contribution is -0.144. The number of nitrogens with zero attached hydrogens (tertiary/aromatic N) is 1. The van der Waals surface area contributed by atoms with Gasteiger partial charge in [0.1, 0.15) is 5.37 Å². The van der Waals surface area contributed by atoms with Crippen molar-refractivity contribution in [3.05, 3.63) is 59.7 Å². The van der Waals surface area contributed by atoms with E-state index in [-0.39, 0.29) is 41.4 Å². The number of nitrogens with one attached hydrogen (secondary N) is 1. The lowest BCUT2D eigenvalue weighted by Crippen LogP contribution is -2.28. The van der Waals surface area contributed by atoms with Crippen molar-refractivity contribution in [2.24, 2.45) is 0 Å². The third kappa shape index (κ3) is 5.91. The van der Waals surface area contributed by atoms with Gasteiger partial charge in [-0.15, -0.1) is 11.8 Å². The Hall–Kier alpha value is -2.80. The van der Waals surface area contributed by atoms with Gasteiger partial charge in [-0.3, -0.25) is 19.3 Å². The molecule has 6 nitrogen and oxygen atoms in total. The molecule has 7 heteroatoms. The van der Waals surface area contributed by atoms with E-state index >= 15 is 0 Å². The molecule has 2 aromatic rings. The Bertz CT molecular complexity index is 982. The van der Waals surface area contributed by atoms with Crippen LogP contribution in [0.15, 0.2) is 48.5 Å². The first-order valence-corrected chi connectivity index (χ1v) is 11.8. The van der Waals surface area contributed by atoms with Crippen molar-refractivity contribution in [2.45, 2.75) is 51.3 Å². The maximum absolute atomic E-state index is 12.7. The number of thioether (sulfide) groups is 1. The first kappa shape index (κ1) is 23.9. The topological polar surface area (TPSA) is 75.7 Å². The van der Waals surface area contributed by atoms with Crippen LogP contribution in [0.2, 0.25) is 0 Å². The number of rotatable bonds is 7. The summed E-state index contributed by atoms with van der Waals surface area (Å²) in [5.41, 5.74) is 3.69. The number of esters is 1. The van der Waals surface area contributed by atoms with Gasteiger partial charge < -0.3 is 10.1 Å². The average molecular weight is 455 g/mol. The van der Waals surface area contributed by atoms with Crippen LogP contribution >= 0.6 is 11.8 Å². The highest BCUT2D eigenvalue weighted by atomic mass is 32.2. The SMILES string of the molecule is CCOC(=O)CCC(=O)Nc1cccc([C@H]2SCC(=O)N2c2ccc(C(C)(C)C)cc2)c1. The predicted molar refractivity (Wildman–Crippen MR) is 129 cm³/mol. The monoisotopic (exact) mass is 454 g/mol. The Balaban J connectivity index is 1.73. The third-order valence-electron chi connectivity index (χ3n) is 5.20. The second kappa shape index (κ2) is 10.2. The van der Waals surface area contributed by atoms with Crippen LogP contribution in [0.25, 0.3) is 0 Å². The van der Waals surface area contributed by atoms with Crippen LogP contribution in [0.5, 0.6) is 0 Å². The molecule has 3 rings (SSSR count). The molecule has 1 N–H and O–H groups in total. The van der Waals surface area contributed by atoms with Crippen LogP contribution in [0.4, 0.5) is 11.4 Å². The molecule has 1 fully saturated rings. The summed E-state index contributed by atoms with van der Waals surface area (Å²) in [4.78, 5) is 38.2. The van der Waals surface area contributed by atoms with E-state index in [0.29, 0.717) is 18.0 Å². The van der Waals surface area contributed by atoms with Gasteiger partial charge in [-0.05, 0) is 47.7 Å². The first-order valence-electron chi connectivity index (χ1n) is 10.8. The minimum atomic E-state index is -0.384. The summed E-state index contributed by atoms with van der Waals surface area (Å²) in [6, 6.07) is 15.6. The van der Waals surface area contributed by atoms with Crippen molar-refractivity contribution >= 4 is 40.9 Å². The Morgan fingerprint density at radius 2 is 1.84 bits per heavy atom. The zero-order valence-corrected chi connectivity index (χ0v) is 19.8. The molecule has 1 saturated heterocycles. The number of hydrogen-bond donors (Lipinski definition) is 1. The fraction of sp³-hybridized carbons (Fsp3) is 0.400. The van der Waals surface area contributed by atoms with Gasteiger partial charge in [0.2, 0.25) is 11.8 Å². The minimum Gasteiger partial charge on any atom is -0.466 e. The second-order valence-corrected chi connectivity index (χ2v) is 9.77. The normalized spacial score (nSPS) is 16.2. The van der Waals surface area contributed by atoms with E-state index in [1.54, 1.807) is 24.8 Å². The Morgan fingerprint density at radius 3 is 2.50 bits per heavy atom. The van der Waals surface area contributed by atoms with Gasteiger partial charge in [0.15, 0.2) is 0 Å². The molecule has 0 spiro atoms. The van der Waals surface area contributed by atoms with Gasteiger partial charge in [0.25, 0.3) is 0 Å². The molecule has 2 amide bonds. The number of ether oxygens (including phenoxy) is 1. The van der Waals surface area contributed by atoms with Crippen LogP contribution < -0.4 is 10.2 Å². The van der Waals surface area contributed by atoms with E-state index in [4.69, 9.17) is 4.74 Å². The standard InChI is InChI=1S/C25H30N2O4S/c1-5-31-23(30)14-13-21(28)26-19-8-6-7-17(15-19)24-27(22(29)16-32-24)20-11-9-18(10-12-20)25(2,3)4/h6-12,15,24H,5,13-14,16H2,1-4H3,(H,26,28)/t24-/m1/s1. The molecule has 0 bridgehead atoms. The summed E-state index contributed by atoms with van der Waals surface area (Å²) in [6.07, 6.45) is 0.108. The largest absolute Gasteiger partial charge is 0.466 e. The van der Waals surface area contributed by atoms with E-state index in [9.17, 15) is 14.4 Å². The fourth-order valence-electron chi connectivity index (χ4n) is 3.51. The number of anilines is 2. The summed E-state index contributed by atoms with van der Waals surface area (Å²) in [5, 5.41) is 2.67. The van der Waals surface area contributed by atoms with Gasteiger partial charge >= 0.3 is 5.97 Å². The molecule has 1 aliphatic heterocycles. The molecule has 32 heavy (non-hydrogen) atoms. The van der Waals surface area contributed by atoms with Crippen LogP contribution in [0.3, 0.4) is 0 Å². The highest BCUT2D eigenvalue weighted by Crippen LogP contribution is 2.42. The quantitative estimate of drug-likeness (QED) is 0.593. The van der Waals surface area contributed by atoms with Gasteiger partial charge in [0.05, 0.1) is 18.8 Å². The van der Waals surface area contributed by atoms with E-state index in [2.05, 4.69) is 38.2 Å². The summed E-state index contributed by atoms with van der Waals surface area (Å²) < 4.78 is 4.86. The molecule has 0 aromatic heterocycles. The Labute approximate surface area is 193 Å². The molecule has 1 heterocycles. The Morgan fingerprint density at radius 1 is 1.12 bits per heavy atom. The molecule has 0 aliphatic carbocycles. The number of benzene rings is 2. The highest BCUT2D eigenvalue weighted by molar-refractivity contribution is 8.00. The van der Waals surface area contributed by atoms with Crippen LogP contribution in [-0.2, 0) is 24.5 Å². The van der Waals surface area contributed by atoms with E-state index < -0.39 is 0 Å². The van der Waals surface area contributed by atoms with Gasteiger partial charge in [-0.25, -0.2) is 0 Å². The molecule has 170 valence electrons. The summed E-state index contributed by atoms with van der Waals surface area (Å²) in [5.74, 6) is -0.167. The summed E-state index contributed by atoms with van der Waals surface area (Å²) in [6.45, 7) is 8.52. The van der Waals surface area contributed by atoms with Crippen LogP contribution in [0.1, 0.15) is 57.0 Å². The lowest BCUT2D eigenvalue weighted by Gasteiger charge is -2.26. The van der Waals surface area contributed by atoms with Crippen molar-refractivity contribution in [3.63, 3.8) is 0 Å². The molecular weight excluding hydrogens is 424 g/mol. The van der Waals surface area contributed by atoms with Crippen molar-refractivity contribution < 1.29 is 19.1 Å². The van der Waals surface area contributed by atoms with Crippen molar-refractivity contribution in [3.8, 4) is 0 Å². The molecule has 0 unspecified atom stereocenters. The van der Waals surface area contributed by atoms with Crippen LogP contribution in [0, 0.1) is 0 Å². The average Bonchev–Trinajstić information content (AvgIpc) is 3.13. The van der Waals surface area contributed by atoms with Crippen LogP contribution in [-0.4, -0.2) is 30.1 Å². The Kier molecular flexibility index (Phi) is 7.61. The number of amides is 2. The van der Waals surface area contributed by atoms with Gasteiger partial charge in [-0.2, -0.15) is 0 Å². The molecule has 1 aliphatic rings. The number of hydrogen-bond acceptors (Lipinski definition) is 5. The highest BCUT2D eigenvalue weighted by Gasteiger charge is 2.34. The zero-order valence-electron chi connectivity index (χ0n) is 19.0. The number of carbonyl (C=O) groups excluding carboxylic acids is 3. The zero-order chi connectivity index (χ0) is 23.3. The van der Waals surface area contributed by atoms with E-state index in [0.717, 1.165) is 11.3 Å². The van der Waals surface area contributed by atoms with E-state index in [1.807, 2.05) is 35.2 Å². The maximum Gasteiger partial charge on any atom is 0.306 e. The lowest BCUT2D eigenvalue weighted by atomic mass is 9.87. The molecule has 0 saturated carbocycles. The minimum absolute atomic E-state index is 0.0432. The summed E-state index contributed by atoms with van der Waals surface area (Å²) >= 11 is 1.57. The second-order valence-electron chi connectivity index (χ2n) is 8.70. The summed E-state index contributed by atoms with van der Waals surface area (Å²) in [7, 11) is 0.